The Balaban J connectivity index is -0.000000150. The largest absolute Gasteiger partial charge is 2.00 e. The fourth-order valence-electron chi connectivity index (χ4n) is 1.79. The van der Waals surface area contributed by atoms with Crippen LogP contribution in [0.3, 0.4) is 0 Å². The van der Waals surface area contributed by atoms with Gasteiger partial charge in [0, 0.05) is 34.9 Å². The second-order valence-corrected chi connectivity index (χ2v) is 5.53. The molecule has 0 saturated heterocycles. The Morgan fingerprint density at radius 2 is 0.829 bits per heavy atom. The number of hydrogen-bond acceptors (Lipinski definition) is 8. The molecule has 14 N–H and O–H groups in total. The maximum Gasteiger partial charge on any atom is 2.00 e. The van der Waals surface area contributed by atoms with Crippen LogP contribution in [0, 0.1) is 0 Å². The zero-order valence-electron chi connectivity index (χ0n) is 18.2. The van der Waals surface area contributed by atoms with Gasteiger partial charge in [0.1, 0.15) is 0 Å². The Bertz CT molecular complexity index is 885. The van der Waals surface area contributed by atoms with E-state index < -0.39 is 23.8 Å². The van der Waals surface area contributed by atoms with Gasteiger partial charge in [-0.25, -0.2) is 0 Å². The first-order chi connectivity index (χ1) is 14.2. The van der Waals surface area contributed by atoms with E-state index >= 15 is 0 Å². The minimum atomic E-state index is -1.41. The molecule has 0 radical (unpaired) electrons. The molecule has 0 saturated carbocycles. The van der Waals surface area contributed by atoms with Crippen molar-refractivity contribution in [3.63, 3.8) is 0 Å². The summed E-state index contributed by atoms with van der Waals surface area (Å²) in [5.41, 5.74) is 13.1. The van der Waals surface area contributed by atoms with Gasteiger partial charge in [0.05, 0.1) is 11.9 Å². The van der Waals surface area contributed by atoms with Crippen LogP contribution in [0.4, 0.5) is 22.7 Å². The molecule has 0 atom stereocenters. The van der Waals surface area contributed by atoms with E-state index in [0.29, 0.717) is 34.9 Å². The summed E-state index contributed by atoms with van der Waals surface area (Å²) in [5, 5.41) is 24.9. The summed E-state index contributed by atoms with van der Waals surface area (Å²) in [6, 6.07) is 12.9. The van der Waals surface area contributed by atoms with Crippen LogP contribution < -0.4 is 32.3 Å². The molecular formula is C20H26BaN4O10. The number of rotatable bonds is 6. The van der Waals surface area contributed by atoms with Crippen LogP contribution in [0.5, 0.6) is 0 Å². The van der Waals surface area contributed by atoms with E-state index in [4.69, 9.17) is 11.5 Å². The smallest absolute Gasteiger partial charge is 0.545 e. The van der Waals surface area contributed by atoms with Gasteiger partial charge in [-0.15, -0.1) is 0 Å². The molecule has 0 unspecified atom stereocenters. The van der Waals surface area contributed by atoms with Crippen LogP contribution in [-0.2, 0) is 19.2 Å². The van der Waals surface area contributed by atoms with E-state index in [2.05, 4.69) is 10.6 Å². The molecule has 0 aromatic heterocycles. The maximum atomic E-state index is 11.1. The van der Waals surface area contributed by atoms with Crippen molar-refractivity contribution < 1.29 is 51.3 Å². The summed E-state index contributed by atoms with van der Waals surface area (Å²) in [6.45, 7) is 0. The summed E-state index contributed by atoms with van der Waals surface area (Å²) < 4.78 is 0. The SMILES string of the molecule is Nc1ccc(NC(=O)/C=C\C(=O)[O-])cc1.Nc1ccc(NC(=O)/C=C\C(=O)[O-])cc1.O.O.O.O.[Ba+2]. The van der Waals surface area contributed by atoms with Crippen molar-refractivity contribution in [2.24, 2.45) is 0 Å². The molecule has 35 heavy (non-hydrogen) atoms. The predicted octanol–water partition coefficient (Wildman–Crippen LogP) is -4.65. The number of anilines is 4. The van der Waals surface area contributed by atoms with Crippen molar-refractivity contribution in [3.8, 4) is 0 Å². The first kappa shape index (κ1) is 42.0. The molecule has 2 aromatic rings. The molecule has 0 aliphatic carbocycles. The number of benzene rings is 2. The van der Waals surface area contributed by atoms with Gasteiger partial charge in [0.2, 0.25) is 11.8 Å². The molecule has 0 aliphatic rings. The Hall–Kier alpha value is -3.19. The van der Waals surface area contributed by atoms with Crippen LogP contribution >= 0.6 is 0 Å². The van der Waals surface area contributed by atoms with Crippen LogP contribution in [0.15, 0.2) is 72.8 Å². The number of carboxylic acid groups (broad SMARTS) is 2. The predicted molar refractivity (Wildman–Crippen MR) is 127 cm³/mol. The minimum absolute atomic E-state index is 0. The van der Waals surface area contributed by atoms with Gasteiger partial charge in [-0.3, -0.25) is 9.59 Å². The Kier molecular flexibility index (Phi) is 27.1. The van der Waals surface area contributed by atoms with Gasteiger partial charge in [0.15, 0.2) is 0 Å². The van der Waals surface area contributed by atoms with Gasteiger partial charge in [-0.05, 0) is 60.7 Å². The number of aliphatic carboxylic acids is 2. The number of nitrogens with two attached hydrogens (primary N) is 2. The molecule has 2 rings (SSSR count). The Labute approximate surface area is 240 Å². The van der Waals surface area contributed by atoms with Crippen molar-refractivity contribution >= 4 is 95.4 Å². The molecule has 0 bridgehead atoms. The normalized spacial score (nSPS) is 8.69. The van der Waals surface area contributed by atoms with E-state index in [1.165, 1.54) is 0 Å². The average Bonchev–Trinajstić information content (AvgIpc) is 2.69. The zero-order chi connectivity index (χ0) is 22.5. The zero-order valence-corrected chi connectivity index (χ0v) is 22.7. The number of carboxylic acids is 2. The van der Waals surface area contributed by atoms with E-state index in [1.807, 2.05) is 0 Å². The molecule has 14 nitrogen and oxygen atoms in total. The van der Waals surface area contributed by atoms with Crippen molar-refractivity contribution in [1.29, 1.82) is 0 Å². The molecule has 0 fully saturated rings. The first-order valence-electron chi connectivity index (χ1n) is 8.27. The Morgan fingerprint density at radius 1 is 0.571 bits per heavy atom. The summed E-state index contributed by atoms with van der Waals surface area (Å²) in [7, 11) is 0. The van der Waals surface area contributed by atoms with Gasteiger partial charge in [-0.2, -0.15) is 0 Å². The molecule has 15 heteroatoms. The molecule has 2 amide bonds. The number of amides is 2. The molecule has 0 aliphatic heterocycles. The van der Waals surface area contributed by atoms with E-state index in [1.54, 1.807) is 48.5 Å². The third-order valence-corrected chi connectivity index (χ3v) is 3.10. The minimum Gasteiger partial charge on any atom is -0.545 e. The third kappa shape index (κ3) is 21.1. The summed E-state index contributed by atoms with van der Waals surface area (Å²) in [5.74, 6) is -3.90. The Morgan fingerprint density at radius 3 is 1.06 bits per heavy atom. The molecule has 0 spiro atoms. The van der Waals surface area contributed by atoms with Gasteiger partial charge >= 0.3 is 48.9 Å². The fraction of sp³-hybridized carbons (Fsp3) is 0. The molecule has 188 valence electrons. The maximum absolute atomic E-state index is 11.1. The van der Waals surface area contributed by atoms with Gasteiger partial charge < -0.3 is 63.8 Å². The first-order valence-corrected chi connectivity index (χ1v) is 8.27. The number of nitrogen functional groups attached to an aromatic ring is 2. The second-order valence-electron chi connectivity index (χ2n) is 5.53. The molecule has 2 aromatic carbocycles. The van der Waals surface area contributed by atoms with Crippen molar-refractivity contribution in [1.82, 2.24) is 0 Å². The number of carbonyl (C=O) groups is 4. The number of nitrogens with one attached hydrogen (secondary N) is 2. The van der Waals surface area contributed by atoms with E-state index in [-0.39, 0.29) is 70.8 Å². The number of hydrogen-bond donors (Lipinski definition) is 4. The van der Waals surface area contributed by atoms with Crippen molar-refractivity contribution in [3.05, 3.63) is 72.8 Å². The van der Waals surface area contributed by atoms with Gasteiger partial charge in [0.25, 0.3) is 0 Å². The summed E-state index contributed by atoms with van der Waals surface area (Å²) in [4.78, 5) is 42.2. The van der Waals surface area contributed by atoms with Crippen LogP contribution in [-0.4, -0.2) is 94.5 Å². The van der Waals surface area contributed by atoms with Crippen molar-refractivity contribution in [2.45, 2.75) is 0 Å². The average molecular weight is 620 g/mol. The molecule has 0 heterocycles. The van der Waals surface area contributed by atoms with Crippen LogP contribution in [0.2, 0.25) is 0 Å². The summed E-state index contributed by atoms with van der Waals surface area (Å²) in [6.07, 6.45) is 3.08. The van der Waals surface area contributed by atoms with E-state index in [9.17, 15) is 29.4 Å². The standard InChI is InChI=1S/2C10H10N2O3.Ba.4H2O/c2*11-7-1-3-8(4-2-7)12-9(13)5-6-10(14)15;;;;;/h2*1-6H,11H2,(H,12,13)(H,14,15);;4*1H2/q;;+2;;;;/p-2/b2*6-5-;;;;;. The topological polar surface area (TPSA) is 316 Å². The second kappa shape index (κ2) is 22.6. The monoisotopic (exact) mass is 620 g/mol. The van der Waals surface area contributed by atoms with Gasteiger partial charge in [-0.1, -0.05) is 0 Å². The van der Waals surface area contributed by atoms with Crippen LogP contribution in [0.25, 0.3) is 0 Å². The molecular weight excluding hydrogens is 594 g/mol. The quantitative estimate of drug-likeness (QED) is 0.138. The number of carbonyl (C=O) groups excluding carboxylic acids is 4. The third-order valence-electron chi connectivity index (χ3n) is 3.10. The fourth-order valence-corrected chi connectivity index (χ4v) is 1.79. The van der Waals surface area contributed by atoms with Crippen LogP contribution in [0.1, 0.15) is 0 Å². The van der Waals surface area contributed by atoms with Crippen molar-refractivity contribution in [2.75, 3.05) is 22.1 Å². The summed E-state index contributed by atoms with van der Waals surface area (Å²) >= 11 is 0. The van der Waals surface area contributed by atoms with E-state index in [0.717, 1.165) is 12.2 Å².